The molecule has 0 aromatic rings. The Balaban J connectivity index is 1.66. The summed E-state index contributed by atoms with van der Waals surface area (Å²) in [5.41, 5.74) is 0. The maximum atomic E-state index is 5.38. The fourth-order valence-corrected chi connectivity index (χ4v) is 2.75. The molecule has 2 aliphatic rings. The molecule has 2 saturated heterocycles. The smallest absolute Gasteiger partial charge is 0.0594 e. The summed E-state index contributed by atoms with van der Waals surface area (Å²) in [6, 6.07) is 0.783. The number of morpholine rings is 1. The second-order valence-corrected chi connectivity index (χ2v) is 5.27. The van der Waals surface area contributed by atoms with Gasteiger partial charge in [-0.2, -0.15) is 0 Å². The first-order chi connectivity index (χ1) is 8.36. The molecule has 2 aliphatic heterocycles. The Kier molecular flexibility index (Phi) is 5.71. The molecule has 0 aromatic heterocycles. The maximum Gasteiger partial charge on any atom is 0.0594 e. The zero-order valence-corrected chi connectivity index (χ0v) is 11.2. The molecule has 2 heterocycles. The highest BCUT2D eigenvalue weighted by Crippen LogP contribution is 2.11. The Morgan fingerprint density at radius 3 is 2.88 bits per heavy atom. The SMILES string of the molecule is CN(CCN1CCOCC1)C1CCCNCC1. The number of hydrogen-bond acceptors (Lipinski definition) is 4. The molecule has 0 spiro atoms. The van der Waals surface area contributed by atoms with Gasteiger partial charge in [-0.3, -0.25) is 4.90 Å². The number of likely N-dealkylation sites (N-methyl/N-ethyl adjacent to an activating group) is 1. The van der Waals surface area contributed by atoms with E-state index in [9.17, 15) is 0 Å². The first kappa shape index (κ1) is 13.3. The van der Waals surface area contributed by atoms with Crippen LogP contribution >= 0.6 is 0 Å². The van der Waals surface area contributed by atoms with E-state index < -0.39 is 0 Å². The van der Waals surface area contributed by atoms with Crippen LogP contribution in [0.4, 0.5) is 0 Å². The van der Waals surface area contributed by atoms with Crippen LogP contribution in [0, 0.1) is 0 Å². The van der Waals surface area contributed by atoms with Crippen LogP contribution in [0.2, 0.25) is 0 Å². The lowest BCUT2D eigenvalue weighted by Gasteiger charge is -2.31. The average Bonchev–Trinajstić information content (AvgIpc) is 2.66. The Hall–Kier alpha value is -0.160. The minimum Gasteiger partial charge on any atom is -0.379 e. The van der Waals surface area contributed by atoms with E-state index >= 15 is 0 Å². The van der Waals surface area contributed by atoms with Gasteiger partial charge >= 0.3 is 0 Å². The van der Waals surface area contributed by atoms with Crippen LogP contribution in [-0.2, 0) is 4.74 Å². The van der Waals surface area contributed by atoms with Crippen LogP contribution < -0.4 is 5.32 Å². The highest BCUT2D eigenvalue weighted by Gasteiger charge is 2.17. The van der Waals surface area contributed by atoms with Crippen molar-refractivity contribution in [3.05, 3.63) is 0 Å². The highest BCUT2D eigenvalue weighted by molar-refractivity contribution is 4.75. The van der Waals surface area contributed by atoms with Crippen LogP contribution in [0.1, 0.15) is 19.3 Å². The number of hydrogen-bond donors (Lipinski definition) is 1. The van der Waals surface area contributed by atoms with Crippen LogP contribution in [0.3, 0.4) is 0 Å². The van der Waals surface area contributed by atoms with Crippen molar-refractivity contribution < 1.29 is 4.74 Å². The standard InChI is InChI=1S/C13H27N3O/c1-15(13-3-2-5-14-6-4-13)7-8-16-9-11-17-12-10-16/h13-14H,2-12H2,1H3. The van der Waals surface area contributed by atoms with Gasteiger partial charge in [0.1, 0.15) is 0 Å². The van der Waals surface area contributed by atoms with E-state index in [-0.39, 0.29) is 0 Å². The van der Waals surface area contributed by atoms with E-state index in [0.717, 1.165) is 32.3 Å². The third-order valence-electron chi connectivity index (χ3n) is 4.04. The van der Waals surface area contributed by atoms with Crippen molar-refractivity contribution in [2.45, 2.75) is 25.3 Å². The topological polar surface area (TPSA) is 27.7 Å². The third-order valence-corrected chi connectivity index (χ3v) is 4.04. The number of nitrogens with zero attached hydrogens (tertiary/aromatic N) is 2. The first-order valence-corrected chi connectivity index (χ1v) is 7.07. The Morgan fingerprint density at radius 2 is 2.06 bits per heavy atom. The molecule has 0 radical (unpaired) electrons. The van der Waals surface area contributed by atoms with Gasteiger partial charge in [0.05, 0.1) is 13.2 Å². The predicted octanol–water partition coefficient (Wildman–Crippen LogP) is 0.393. The lowest BCUT2D eigenvalue weighted by atomic mass is 10.1. The molecule has 1 atom stereocenters. The highest BCUT2D eigenvalue weighted by atomic mass is 16.5. The summed E-state index contributed by atoms with van der Waals surface area (Å²) in [4.78, 5) is 5.08. The van der Waals surface area contributed by atoms with Gasteiger partial charge in [-0.25, -0.2) is 0 Å². The zero-order valence-electron chi connectivity index (χ0n) is 11.2. The van der Waals surface area contributed by atoms with Crippen LogP contribution in [0.5, 0.6) is 0 Å². The molecule has 100 valence electrons. The minimum atomic E-state index is 0.783. The van der Waals surface area contributed by atoms with Crippen molar-refractivity contribution in [3.63, 3.8) is 0 Å². The molecular formula is C13H27N3O. The van der Waals surface area contributed by atoms with Gasteiger partial charge in [0, 0.05) is 32.2 Å². The summed E-state index contributed by atoms with van der Waals surface area (Å²) in [6.07, 6.45) is 3.98. The lowest BCUT2D eigenvalue weighted by Crippen LogP contribution is -2.43. The average molecular weight is 241 g/mol. The fraction of sp³-hybridized carbons (Fsp3) is 1.00. The largest absolute Gasteiger partial charge is 0.379 e. The van der Waals surface area contributed by atoms with Crippen molar-refractivity contribution in [1.29, 1.82) is 0 Å². The van der Waals surface area contributed by atoms with E-state index in [1.54, 1.807) is 0 Å². The molecule has 4 nitrogen and oxygen atoms in total. The summed E-state index contributed by atoms with van der Waals surface area (Å²) in [5, 5.41) is 3.48. The minimum absolute atomic E-state index is 0.783. The quantitative estimate of drug-likeness (QED) is 0.771. The summed E-state index contributed by atoms with van der Waals surface area (Å²) in [5.74, 6) is 0. The summed E-state index contributed by atoms with van der Waals surface area (Å²) < 4.78 is 5.38. The normalized spacial score (nSPS) is 28.2. The van der Waals surface area contributed by atoms with Gasteiger partial charge in [-0.1, -0.05) is 0 Å². The molecule has 2 fully saturated rings. The molecular weight excluding hydrogens is 214 g/mol. The molecule has 0 saturated carbocycles. The van der Waals surface area contributed by atoms with Gasteiger partial charge in [0.15, 0.2) is 0 Å². The molecule has 1 unspecified atom stereocenters. The zero-order chi connectivity index (χ0) is 11.9. The summed E-state index contributed by atoms with van der Waals surface area (Å²) >= 11 is 0. The van der Waals surface area contributed by atoms with Gasteiger partial charge in [-0.05, 0) is 39.4 Å². The molecule has 2 rings (SSSR count). The van der Waals surface area contributed by atoms with Gasteiger partial charge in [0.2, 0.25) is 0 Å². The van der Waals surface area contributed by atoms with Crippen molar-refractivity contribution in [3.8, 4) is 0 Å². The van der Waals surface area contributed by atoms with Crippen LogP contribution in [0.25, 0.3) is 0 Å². The van der Waals surface area contributed by atoms with E-state index in [2.05, 4.69) is 22.2 Å². The van der Waals surface area contributed by atoms with E-state index in [0.29, 0.717) is 0 Å². The van der Waals surface area contributed by atoms with Crippen LogP contribution in [-0.4, -0.2) is 75.4 Å². The second-order valence-electron chi connectivity index (χ2n) is 5.27. The number of ether oxygens (including phenoxy) is 1. The molecule has 1 N–H and O–H groups in total. The second kappa shape index (κ2) is 7.31. The maximum absolute atomic E-state index is 5.38. The monoisotopic (exact) mass is 241 g/mol. The van der Waals surface area contributed by atoms with Gasteiger partial charge in [0.25, 0.3) is 0 Å². The number of nitrogens with one attached hydrogen (secondary N) is 1. The summed E-state index contributed by atoms with van der Waals surface area (Å²) in [7, 11) is 2.29. The van der Waals surface area contributed by atoms with Gasteiger partial charge < -0.3 is 15.0 Å². The lowest BCUT2D eigenvalue weighted by molar-refractivity contribution is 0.0323. The Morgan fingerprint density at radius 1 is 1.24 bits per heavy atom. The Labute approximate surface area is 105 Å². The molecule has 0 aromatic carbocycles. The van der Waals surface area contributed by atoms with Crippen molar-refractivity contribution >= 4 is 0 Å². The van der Waals surface area contributed by atoms with Crippen molar-refractivity contribution in [2.24, 2.45) is 0 Å². The Bertz CT molecular complexity index is 199. The predicted molar refractivity (Wildman–Crippen MR) is 70.4 cm³/mol. The third kappa shape index (κ3) is 4.54. The molecule has 17 heavy (non-hydrogen) atoms. The van der Waals surface area contributed by atoms with E-state index in [1.165, 1.54) is 45.4 Å². The summed E-state index contributed by atoms with van der Waals surface area (Å²) in [6.45, 7) is 8.84. The van der Waals surface area contributed by atoms with Crippen LogP contribution in [0.15, 0.2) is 0 Å². The molecule has 0 aliphatic carbocycles. The molecule has 0 bridgehead atoms. The van der Waals surface area contributed by atoms with Gasteiger partial charge in [-0.15, -0.1) is 0 Å². The van der Waals surface area contributed by atoms with E-state index in [4.69, 9.17) is 4.74 Å². The molecule has 0 amide bonds. The van der Waals surface area contributed by atoms with Crippen molar-refractivity contribution in [2.75, 3.05) is 59.5 Å². The number of rotatable bonds is 4. The molecule has 4 heteroatoms. The first-order valence-electron chi connectivity index (χ1n) is 7.07. The van der Waals surface area contributed by atoms with E-state index in [1.807, 2.05) is 0 Å². The van der Waals surface area contributed by atoms with Crippen molar-refractivity contribution in [1.82, 2.24) is 15.1 Å². The fourth-order valence-electron chi connectivity index (χ4n) is 2.75.